The number of nitrogens with zero attached hydrogens (tertiary/aromatic N) is 2. The number of unbranched alkanes of at least 4 members (excludes halogenated alkanes) is 2. The van der Waals surface area contributed by atoms with Gasteiger partial charge in [-0.05, 0) is 47.6 Å². The first-order valence-electron chi connectivity index (χ1n) is 23.1. The van der Waals surface area contributed by atoms with Gasteiger partial charge in [0, 0.05) is 44.0 Å². The van der Waals surface area contributed by atoms with Crippen LogP contribution in [0.5, 0.6) is 0 Å². The maximum absolute atomic E-state index is 14.7. The molecular weight excluding hydrogens is 896 g/mol. The van der Waals surface area contributed by atoms with E-state index in [4.69, 9.17) is 32.1 Å². The maximum atomic E-state index is 14.7. The predicted molar refractivity (Wildman–Crippen MR) is 251 cm³/mol. The zero-order valence-electron chi connectivity index (χ0n) is 40.9. The molecule has 65 heavy (non-hydrogen) atoms. The highest BCUT2D eigenvalue weighted by Gasteiger charge is 2.57. The fourth-order valence-corrected chi connectivity index (χ4v) is 16.9. The number of hydrogen-bond acceptors (Lipinski definition) is 14. The maximum Gasteiger partial charge on any atom is 0.330 e. The molecule has 3 unspecified atom stereocenters. The molecule has 0 aliphatic carbocycles. The molecular formula is C44H75N4O14PSi2. The number of esters is 1. The lowest BCUT2D eigenvalue weighted by Gasteiger charge is -2.45. The van der Waals surface area contributed by atoms with E-state index in [2.05, 4.69) is 72.3 Å². The van der Waals surface area contributed by atoms with Gasteiger partial charge in [-0.1, -0.05) is 89.0 Å². The van der Waals surface area contributed by atoms with E-state index in [1.807, 2.05) is 26.9 Å². The van der Waals surface area contributed by atoms with Crippen molar-refractivity contribution in [2.45, 2.75) is 205 Å². The predicted octanol–water partition coefficient (Wildman–Crippen LogP) is 7.31. The highest BCUT2D eigenvalue weighted by atomic mass is 31.2. The van der Waals surface area contributed by atoms with Gasteiger partial charge in [0.25, 0.3) is 11.1 Å². The van der Waals surface area contributed by atoms with Crippen LogP contribution in [0.1, 0.15) is 134 Å². The topological polar surface area (TPSA) is 226 Å². The van der Waals surface area contributed by atoms with E-state index < -0.39 is 108 Å². The molecule has 2 N–H and O–H groups in total. The third-order valence-corrected chi connectivity index (χ3v) is 25.0. The molecule has 2 fully saturated rings. The van der Waals surface area contributed by atoms with Crippen LogP contribution in [0, 0.1) is 0 Å². The summed E-state index contributed by atoms with van der Waals surface area (Å²) in [5.74, 6) is -0.761. The normalized spacial score (nSPS) is 25.1. The Morgan fingerprint density at radius 3 is 1.72 bits per heavy atom. The number of hydrogen-bond donors (Lipinski definition) is 2. The van der Waals surface area contributed by atoms with Gasteiger partial charge >= 0.3 is 24.9 Å². The van der Waals surface area contributed by atoms with E-state index in [-0.39, 0.29) is 40.3 Å². The number of aromatic amines is 2. The molecule has 0 radical (unpaired) electrons. The molecule has 368 valence electrons. The molecule has 4 heterocycles. The number of Topliss-reactive ketones (excluding diaryl/α,β-unsaturated/α-hetero) is 1. The quantitative estimate of drug-likeness (QED) is 0.0482. The van der Waals surface area contributed by atoms with Crippen molar-refractivity contribution in [1.29, 1.82) is 0 Å². The summed E-state index contributed by atoms with van der Waals surface area (Å²) >= 11 is 0. The van der Waals surface area contributed by atoms with E-state index >= 15 is 0 Å². The summed E-state index contributed by atoms with van der Waals surface area (Å²) < 4.78 is 63.1. The Morgan fingerprint density at radius 2 is 1.26 bits per heavy atom. The first kappa shape index (κ1) is 54.5. The second-order valence-corrected chi connectivity index (χ2v) is 32.1. The van der Waals surface area contributed by atoms with Gasteiger partial charge in [0.1, 0.15) is 30.2 Å². The Hall–Kier alpha value is -3.08. The second-order valence-electron chi connectivity index (χ2n) is 19.9. The summed E-state index contributed by atoms with van der Waals surface area (Å²) in [7, 11) is -9.65. The third-order valence-electron chi connectivity index (χ3n) is 13.2. The first-order chi connectivity index (χ1) is 30.2. The minimum Gasteiger partial charge on any atom is -0.457 e. The van der Waals surface area contributed by atoms with Crippen LogP contribution in [0.3, 0.4) is 0 Å². The molecule has 0 saturated carbocycles. The van der Waals surface area contributed by atoms with Gasteiger partial charge in [0.05, 0.1) is 19.1 Å². The van der Waals surface area contributed by atoms with E-state index in [9.17, 15) is 33.3 Å². The number of aromatic nitrogens is 4. The summed E-state index contributed by atoms with van der Waals surface area (Å²) in [6, 6.07) is 2.38. The van der Waals surface area contributed by atoms with E-state index in [0.29, 0.717) is 12.8 Å². The Balaban J connectivity index is 1.76. The molecule has 2 aromatic rings. The standard InChI is InChI=1S/C44H75N4O14PSi2/c1-15-17-18-19-30(49)20-21-35(52)59-36-32(58-40(47-24-22-33(50)45-42(47)53)38(36)62-65(27(3)4,28(5)6)29(7)8)26-56-63(12,55)60-37-31(16-2)57-41(48-25-23-34(51)46-43(48)54)39(37)61-64(13,14)44(9,10)11/h22-25,27-29,31-32,36-41H,15-21,26H2,1-14H3,(H,45,50,53)(H,46,51,54)/t31-,32-,36?,37?,38+,39+,40-,41-,63?/m1/s1. The van der Waals surface area contributed by atoms with Crippen LogP contribution in [0.25, 0.3) is 0 Å². The molecule has 2 aliphatic rings. The molecule has 2 aliphatic heterocycles. The third kappa shape index (κ3) is 13.1. The Labute approximate surface area is 384 Å². The number of ketones is 1. The minimum absolute atomic E-state index is 0.0291. The lowest BCUT2D eigenvalue weighted by molar-refractivity contribution is -0.156. The first-order valence-corrected chi connectivity index (χ1v) is 30.1. The van der Waals surface area contributed by atoms with Crippen molar-refractivity contribution >= 4 is 36.0 Å². The van der Waals surface area contributed by atoms with Crippen molar-refractivity contribution in [3.05, 3.63) is 66.2 Å². The minimum atomic E-state index is -4.14. The molecule has 0 bridgehead atoms. The molecule has 4 rings (SSSR count). The summed E-state index contributed by atoms with van der Waals surface area (Å²) in [6.45, 7) is 27.4. The van der Waals surface area contributed by atoms with Crippen molar-refractivity contribution < 1.29 is 46.3 Å². The fourth-order valence-electron chi connectivity index (χ4n) is 8.87. The van der Waals surface area contributed by atoms with Gasteiger partial charge in [-0.15, -0.1) is 0 Å². The zero-order valence-corrected chi connectivity index (χ0v) is 43.8. The lowest BCUT2D eigenvalue weighted by atomic mass is 10.1. The van der Waals surface area contributed by atoms with Crippen molar-refractivity contribution in [2.24, 2.45) is 0 Å². The van der Waals surface area contributed by atoms with Crippen LogP contribution in [-0.2, 0) is 46.3 Å². The second kappa shape index (κ2) is 22.4. The molecule has 0 amide bonds. The number of carbonyl (C=O) groups excluding carboxylic acids is 2. The Bertz CT molecular complexity index is 2190. The van der Waals surface area contributed by atoms with E-state index in [1.54, 1.807) is 0 Å². The van der Waals surface area contributed by atoms with Crippen LogP contribution < -0.4 is 22.5 Å². The highest BCUT2D eigenvalue weighted by molar-refractivity contribution is 7.53. The SMILES string of the molecule is CCCCCC(=O)CCC(=O)OC1[C@@H](COP(C)(=O)OC2[C@@H](CC)O[C@@H](n3ccc(=O)[nH]c3=O)[C@H]2O[Si](C)(C)C(C)(C)C)O[C@@H](n2ccc(=O)[nH]c2=O)[C@H]1O[Si](C(C)C)(C(C)C)C(C)C. The van der Waals surface area contributed by atoms with Crippen LogP contribution in [-0.4, -0.2) is 97.4 Å². The molecule has 21 heteroatoms. The van der Waals surface area contributed by atoms with Gasteiger partial charge in [-0.2, -0.15) is 0 Å². The van der Waals surface area contributed by atoms with Crippen molar-refractivity contribution in [2.75, 3.05) is 13.3 Å². The number of ether oxygens (including phenoxy) is 3. The van der Waals surface area contributed by atoms with E-state index in [1.165, 1.54) is 40.3 Å². The van der Waals surface area contributed by atoms with E-state index in [0.717, 1.165) is 19.3 Å². The average molecular weight is 971 g/mol. The van der Waals surface area contributed by atoms with Crippen LogP contribution in [0.4, 0.5) is 0 Å². The van der Waals surface area contributed by atoms with Crippen LogP contribution in [0.2, 0.25) is 34.8 Å². The summed E-state index contributed by atoms with van der Waals surface area (Å²) in [4.78, 5) is 82.0. The van der Waals surface area contributed by atoms with Crippen LogP contribution >= 0.6 is 7.60 Å². The summed E-state index contributed by atoms with van der Waals surface area (Å²) in [5, 5.41) is -0.298. The molecule has 0 aromatic carbocycles. The van der Waals surface area contributed by atoms with Gasteiger partial charge in [0.2, 0.25) is 8.32 Å². The summed E-state index contributed by atoms with van der Waals surface area (Å²) in [5.41, 5.74) is -2.58. The Kier molecular flexibility index (Phi) is 18.8. The smallest absolute Gasteiger partial charge is 0.330 e. The summed E-state index contributed by atoms with van der Waals surface area (Å²) in [6.07, 6.45) is -2.95. The van der Waals surface area contributed by atoms with Gasteiger partial charge in [-0.25, -0.2) is 9.59 Å². The number of nitrogens with one attached hydrogen (secondary N) is 2. The van der Waals surface area contributed by atoms with Crippen molar-refractivity contribution in [3.63, 3.8) is 0 Å². The van der Waals surface area contributed by atoms with Gasteiger partial charge in [0.15, 0.2) is 26.9 Å². The van der Waals surface area contributed by atoms with Gasteiger partial charge in [-0.3, -0.25) is 47.4 Å². The highest BCUT2D eigenvalue weighted by Crippen LogP contribution is 2.53. The molecule has 0 spiro atoms. The number of H-pyrrole nitrogens is 2. The largest absolute Gasteiger partial charge is 0.457 e. The number of carbonyl (C=O) groups is 2. The molecule has 9 atom stereocenters. The fraction of sp³-hybridized carbons (Fsp3) is 0.773. The van der Waals surface area contributed by atoms with Crippen molar-refractivity contribution in [3.8, 4) is 0 Å². The van der Waals surface area contributed by atoms with Crippen LogP contribution in [0.15, 0.2) is 43.7 Å². The molecule has 2 aromatic heterocycles. The van der Waals surface area contributed by atoms with Gasteiger partial charge < -0.3 is 27.6 Å². The zero-order chi connectivity index (χ0) is 48.8. The lowest BCUT2D eigenvalue weighted by Crippen LogP contribution is -2.54. The monoisotopic (exact) mass is 970 g/mol. The Morgan fingerprint density at radius 1 is 0.754 bits per heavy atom. The molecule has 18 nitrogen and oxygen atoms in total. The molecule has 2 saturated heterocycles. The number of rotatable bonds is 23. The van der Waals surface area contributed by atoms with Crippen molar-refractivity contribution in [1.82, 2.24) is 19.1 Å². The average Bonchev–Trinajstić information content (AvgIpc) is 3.69.